The number of ether oxygens (including phenoxy) is 1. The smallest absolute Gasteiger partial charge is 0.247 e. The molecule has 4 aliphatic heterocycles. The van der Waals surface area contributed by atoms with Crippen molar-refractivity contribution in [2.75, 3.05) is 60.5 Å². The highest BCUT2D eigenvalue weighted by atomic mass is 19.1. The number of fused-ring (bicyclic) bond motifs is 2. The second-order valence-corrected chi connectivity index (χ2v) is 14.1. The fraction of sp³-hybridized carbons (Fsp3) is 0.486. The van der Waals surface area contributed by atoms with Crippen molar-refractivity contribution < 1.29 is 23.1 Å². The predicted octanol–water partition coefficient (Wildman–Crippen LogP) is 5.79. The number of amides is 1. The summed E-state index contributed by atoms with van der Waals surface area (Å²) in [6, 6.07) is 11.4. The van der Waals surface area contributed by atoms with Gasteiger partial charge in [0.1, 0.15) is 29.5 Å². The fourth-order valence-corrected chi connectivity index (χ4v) is 8.53. The third kappa shape index (κ3) is 6.61. The van der Waals surface area contributed by atoms with Crippen molar-refractivity contribution >= 4 is 34.6 Å². The Balaban J connectivity index is 0.996. The average molecular weight is 687 g/mol. The minimum Gasteiger partial charge on any atom is -0.494 e. The quantitative estimate of drug-likeness (QED) is 0.255. The number of anilines is 5. The van der Waals surface area contributed by atoms with Crippen molar-refractivity contribution in [3.8, 4) is 5.75 Å². The molecule has 2 aromatic carbocycles. The lowest BCUT2D eigenvalue weighted by Crippen LogP contribution is -2.58. The molecular formula is C37H44F2N8O3. The number of piperidine rings is 1. The summed E-state index contributed by atoms with van der Waals surface area (Å²) in [5.74, 6) is -0.155. The number of hydroxylamine groups is 1. The molecule has 11 nitrogen and oxygen atoms in total. The lowest BCUT2D eigenvalue weighted by atomic mass is 9.99. The van der Waals surface area contributed by atoms with Gasteiger partial charge in [-0.1, -0.05) is 6.58 Å². The molecule has 0 spiro atoms. The van der Waals surface area contributed by atoms with Crippen molar-refractivity contribution in [3.63, 3.8) is 0 Å². The molecule has 5 aliphatic rings. The first-order chi connectivity index (χ1) is 24.4. The average Bonchev–Trinajstić information content (AvgIpc) is 3.77. The van der Waals surface area contributed by atoms with Gasteiger partial charge >= 0.3 is 0 Å². The van der Waals surface area contributed by atoms with E-state index in [9.17, 15) is 13.6 Å². The second kappa shape index (κ2) is 13.8. The van der Waals surface area contributed by atoms with Gasteiger partial charge in [0.25, 0.3) is 0 Å². The van der Waals surface area contributed by atoms with Crippen LogP contribution in [0, 0.1) is 11.6 Å². The maximum absolute atomic E-state index is 14.0. The van der Waals surface area contributed by atoms with Gasteiger partial charge in [-0.15, -0.1) is 0 Å². The first-order valence-electron chi connectivity index (χ1n) is 17.8. The summed E-state index contributed by atoms with van der Waals surface area (Å²) in [6.07, 6.45) is 10.7. The van der Waals surface area contributed by atoms with Crippen LogP contribution in [0.25, 0.3) is 0 Å². The molecule has 0 radical (unpaired) electrons. The number of nitrogens with zero attached hydrogens (tertiary/aromatic N) is 6. The summed E-state index contributed by atoms with van der Waals surface area (Å²) in [5.41, 5.74) is 2.57. The van der Waals surface area contributed by atoms with Crippen molar-refractivity contribution in [1.82, 2.24) is 19.8 Å². The van der Waals surface area contributed by atoms with E-state index >= 15 is 0 Å². The van der Waals surface area contributed by atoms with Crippen LogP contribution in [0.5, 0.6) is 5.75 Å². The van der Waals surface area contributed by atoms with Gasteiger partial charge in [-0.05, 0) is 68.4 Å². The molecule has 13 heteroatoms. The summed E-state index contributed by atoms with van der Waals surface area (Å²) in [6.45, 7) is 8.14. The number of benzene rings is 2. The number of likely N-dealkylation sites (tertiary alicyclic amines) is 1. The van der Waals surface area contributed by atoms with Gasteiger partial charge in [0, 0.05) is 75.0 Å². The second-order valence-electron chi connectivity index (χ2n) is 14.1. The Bertz CT molecular complexity index is 1720. The summed E-state index contributed by atoms with van der Waals surface area (Å²) < 4.78 is 33.9. The van der Waals surface area contributed by atoms with Crippen LogP contribution in [-0.2, 0) is 9.63 Å². The molecule has 4 saturated heterocycles. The third-order valence-corrected chi connectivity index (χ3v) is 10.9. The van der Waals surface area contributed by atoms with Crippen molar-refractivity contribution in [2.24, 2.45) is 0 Å². The Morgan fingerprint density at radius 3 is 2.30 bits per heavy atom. The van der Waals surface area contributed by atoms with E-state index in [0.717, 1.165) is 55.8 Å². The van der Waals surface area contributed by atoms with E-state index in [0.29, 0.717) is 53.4 Å². The van der Waals surface area contributed by atoms with Gasteiger partial charge in [-0.2, -0.15) is 0 Å². The Morgan fingerprint density at radius 2 is 1.62 bits per heavy atom. The van der Waals surface area contributed by atoms with Crippen LogP contribution in [-0.4, -0.2) is 89.7 Å². The van der Waals surface area contributed by atoms with Crippen LogP contribution in [0.2, 0.25) is 0 Å². The Labute approximate surface area is 291 Å². The van der Waals surface area contributed by atoms with Gasteiger partial charge in [0.2, 0.25) is 5.91 Å². The topological polar surface area (TPSA) is 98.3 Å². The highest BCUT2D eigenvalue weighted by Crippen LogP contribution is 2.43. The first-order valence-corrected chi connectivity index (χ1v) is 17.8. The first kappa shape index (κ1) is 32.9. The molecule has 3 aromatic rings. The molecule has 50 heavy (non-hydrogen) atoms. The highest BCUT2D eigenvalue weighted by Gasteiger charge is 2.47. The Morgan fingerprint density at radius 1 is 0.900 bits per heavy atom. The molecule has 2 N–H and O–H groups in total. The number of carbonyl (C=O) groups excluding carboxylic acids is 1. The minimum absolute atomic E-state index is 0.309. The number of rotatable bonds is 10. The largest absolute Gasteiger partial charge is 0.494 e. The number of hydrogen-bond acceptors (Lipinski definition) is 10. The molecule has 0 unspecified atom stereocenters. The summed E-state index contributed by atoms with van der Waals surface area (Å²) in [4.78, 5) is 35.2. The Kier molecular flexibility index (Phi) is 9.04. The summed E-state index contributed by atoms with van der Waals surface area (Å²) in [7, 11) is 1.61. The summed E-state index contributed by atoms with van der Waals surface area (Å²) >= 11 is 0. The molecule has 3 atom stereocenters. The molecule has 2 bridgehead atoms. The van der Waals surface area contributed by atoms with Crippen LogP contribution < -0.4 is 25.3 Å². The molecule has 8 rings (SSSR count). The van der Waals surface area contributed by atoms with Gasteiger partial charge in [0.15, 0.2) is 5.82 Å². The van der Waals surface area contributed by atoms with E-state index in [-0.39, 0.29) is 5.91 Å². The molecule has 5 fully saturated rings. The zero-order valence-electron chi connectivity index (χ0n) is 28.4. The monoisotopic (exact) mass is 686 g/mol. The lowest BCUT2D eigenvalue weighted by Gasteiger charge is -2.47. The summed E-state index contributed by atoms with van der Waals surface area (Å²) in [5, 5.41) is 7.88. The molecule has 1 aromatic heterocycles. The van der Waals surface area contributed by atoms with Crippen molar-refractivity contribution in [3.05, 3.63) is 72.6 Å². The molecule has 5 heterocycles. The third-order valence-electron chi connectivity index (χ3n) is 10.9. The number of carbonyl (C=O) groups is 1. The van der Waals surface area contributed by atoms with E-state index < -0.39 is 17.7 Å². The van der Waals surface area contributed by atoms with Crippen LogP contribution in [0.3, 0.4) is 0 Å². The zero-order chi connectivity index (χ0) is 34.4. The predicted molar refractivity (Wildman–Crippen MR) is 188 cm³/mol. The Hall–Kier alpha value is -4.33. The molecular weight excluding hydrogens is 642 g/mol. The number of nitrogens with one attached hydrogen (secondary N) is 2. The molecule has 1 aliphatic carbocycles. The maximum Gasteiger partial charge on any atom is 0.247 e. The highest BCUT2D eigenvalue weighted by molar-refractivity contribution is 6.02. The van der Waals surface area contributed by atoms with Crippen LogP contribution in [0.15, 0.2) is 55.4 Å². The van der Waals surface area contributed by atoms with Crippen LogP contribution in [0.4, 0.5) is 37.5 Å². The number of halogens is 2. The number of aromatic nitrogens is 2. The fourth-order valence-electron chi connectivity index (χ4n) is 8.53. The van der Waals surface area contributed by atoms with Crippen LogP contribution in [0.1, 0.15) is 56.6 Å². The minimum atomic E-state index is -0.648. The van der Waals surface area contributed by atoms with E-state index in [1.807, 2.05) is 12.1 Å². The number of methoxy groups -OCH3 is 1. The number of hydrogen-bond donors (Lipinski definition) is 2. The van der Waals surface area contributed by atoms with E-state index in [1.165, 1.54) is 63.3 Å². The SMILES string of the molecule is C=CC(=O)Nc1cc(Nc2cc(N3OCC[C@@H]3c3cc(F)cc(F)c3)ncn2)c(OC)cc1N1CCC(N2C[C@H]3CC[C@@H](C2)N3C2CC2)CC1. The normalized spacial score (nSPS) is 24.4. The van der Waals surface area contributed by atoms with Gasteiger partial charge in [0.05, 0.1) is 36.8 Å². The van der Waals surface area contributed by atoms with E-state index in [4.69, 9.17) is 9.57 Å². The van der Waals surface area contributed by atoms with Crippen LogP contribution >= 0.6 is 0 Å². The van der Waals surface area contributed by atoms with Crippen molar-refractivity contribution in [1.29, 1.82) is 0 Å². The molecule has 1 saturated carbocycles. The maximum atomic E-state index is 14.0. The van der Waals surface area contributed by atoms with Gasteiger partial charge in [-0.25, -0.2) is 23.8 Å². The molecule has 1 amide bonds. The van der Waals surface area contributed by atoms with Gasteiger partial charge in [-0.3, -0.25) is 19.4 Å². The van der Waals surface area contributed by atoms with Crippen molar-refractivity contribution in [2.45, 2.75) is 75.2 Å². The zero-order valence-corrected chi connectivity index (χ0v) is 28.4. The number of piperazine rings is 1. The lowest BCUT2D eigenvalue weighted by molar-refractivity contribution is -0.111. The molecule has 264 valence electrons. The standard InChI is InChI=1S/C37H44F2N8O3/c1-3-37(48)43-30-17-31(42-35-19-36(41-22-40-35)47-32(10-13-50-47)23-14-24(38)16-25(39)15-23)34(49-2)18-33(30)44-11-8-26(9-12-44)45-20-28-6-7-29(21-45)46(28)27-4-5-27/h3,14-19,22,26-29,32H,1,4-13,20-21H2,2H3,(H,43,48)(H,40,41,42)/t28-,29+,32-/m1/s1. The van der Waals surface area contributed by atoms with E-state index in [1.54, 1.807) is 18.2 Å². The van der Waals surface area contributed by atoms with Gasteiger partial charge < -0.3 is 20.3 Å². The van der Waals surface area contributed by atoms with E-state index in [2.05, 4.69) is 41.9 Å².